The lowest BCUT2D eigenvalue weighted by Crippen LogP contribution is -2.32. The van der Waals surface area contributed by atoms with Gasteiger partial charge in [0, 0.05) is 6.10 Å². The van der Waals surface area contributed by atoms with Gasteiger partial charge in [-0.1, -0.05) is 33.6 Å². The fourth-order valence-corrected chi connectivity index (χ4v) is 1.64. The van der Waals surface area contributed by atoms with Gasteiger partial charge in [-0.3, -0.25) is 0 Å². The summed E-state index contributed by atoms with van der Waals surface area (Å²) in [6.45, 7) is 6.09. The monoisotopic (exact) mass is 188 g/mol. The second kappa shape index (κ2) is 7.36. The second-order valence-corrected chi connectivity index (χ2v) is 3.26. The summed E-state index contributed by atoms with van der Waals surface area (Å²) >= 11 is 0. The minimum absolute atomic E-state index is 0.0451. The summed E-state index contributed by atoms with van der Waals surface area (Å²) < 4.78 is 4.91. The first kappa shape index (κ1) is 12.9. The van der Waals surface area contributed by atoms with Crippen LogP contribution in [0.4, 0.5) is 0 Å². The summed E-state index contributed by atoms with van der Waals surface area (Å²) in [6, 6.07) is 0. The quantitative estimate of drug-likeness (QED) is 0.646. The van der Waals surface area contributed by atoms with Gasteiger partial charge < -0.3 is 14.7 Å². The normalized spacial score (nSPS) is 27.5. The lowest BCUT2D eigenvalue weighted by atomic mass is 9.87. The van der Waals surface area contributed by atoms with Crippen LogP contribution in [0.25, 0.3) is 0 Å². The number of hydrogen-bond acceptors (Lipinski definition) is 3. The highest BCUT2D eigenvalue weighted by Gasteiger charge is 2.25. The van der Waals surface area contributed by atoms with Gasteiger partial charge >= 0.3 is 7.32 Å². The molecule has 0 bridgehead atoms. The van der Waals surface area contributed by atoms with Gasteiger partial charge in [0.05, 0.1) is 0 Å². The Morgan fingerprint density at radius 1 is 1.15 bits per heavy atom. The smallest absolute Gasteiger partial charge is 0.402 e. The zero-order valence-corrected chi connectivity index (χ0v) is 8.86. The van der Waals surface area contributed by atoms with Gasteiger partial charge in [0.25, 0.3) is 0 Å². The van der Waals surface area contributed by atoms with E-state index in [4.69, 9.17) is 14.7 Å². The van der Waals surface area contributed by atoms with E-state index in [-0.39, 0.29) is 6.10 Å². The molecule has 4 heteroatoms. The van der Waals surface area contributed by atoms with Crippen molar-refractivity contribution in [3.63, 3.8) is 0 Å². The van der Waals surface area contributed by atoms with Crippen LogP contribution >= 0.6 is 0 Å². The fourth-order valence-electron chi connectivity index (χ4n) is 1.64. The predicted octanol–water partition coefficient (Wildman–Crippen LogP) is 1.58. The molecule has 0 aromatic rings. The summed E-state index contributed by atoms with van der Waals surface area (Å²) in [7, 11) is -1.60. The molecule has 2 atom stereocenters. The van der Waals surface area contributed by atoms with Gasteiger partial charge in [0.1, 0.15) is 0 Å². The average Bonchev–Trinajstić information content (AvgIpc) is 2.12. The van der Waals surface area contributed by atoms with Crippen molar-refractivity contribution in [1.82, 2.24) is 0 Å². The van der Waals surface area contributed by atoms with E-state index in [2.05, 4.69) is 6.92 Å². The highest BCUT2D eigenvalue weighted by molar-refractivity contribution is 6.32. The standard InChI is InChI=1S/C7H15BO3.C2H6/c1-6-4-2-3-5-7(6)11-8(9)10;1-2/h6-7,9-10H,2-5H2,1H3;1-2H3/t6-,7?;/m0./s1. The molecule has 78 valence electrons. The minimum atomic E-state index is -1.60. The van der Waals surface area contributed by atoms with Gasteiger partial charge in [-0.15, -0.1) is 0 Å². The summed E-state index contributed by atoms with van der Waals surface area (Å²) in [5, 5.41) is 17.1. The lowest BCUT2D eigenvalue weighted by molar-refractivity contribution is 0.0531. The first-order valence-corrected chi connectivity index (χ1v) is 5.21. The Morgan fingerprint density at radius 3 is 2.15 bits per heavy atom. The van der Waals surface area contributed by atoms with Crippen molar-refractivity contribution in [3.05, 3.63) is 0 Å². The molecule has 3 nitrogen and oxygen atoms in total. The number of hydrogen-bond donors (Lipinski definition) is 2. The van der Waals surface area contributed by atoms with Crippen molar-refractivity contribution < 1.29 is 14.7 Å². The first-order valence-electron chi connectivity index (χ1n) is 5.21. The van der Waals surface area contributed by atoms with Gasteiger partial charge in [-0.05, 0) is 18.8 Å². The van der Waals surface area contributed by atoms with Gasteiger partial charge in [0.15, 0.2) is 0 Å². The van der Waals surface area contributed by atoms with E-state index < -0.39 is 7.32 Å². The first-order chi connectivity index (χ1) is 6.20. The molecule has 1 saturated carbocycles. The third-order valence-electron chi connectivity index (χ3n) is 2.33. The Kier molecular flexibility index (Phi) is 7.33. The van der Waals surface area contributed by atoms with Crippen LogP contribution in [-0.2, 0) is 4.65 Å². The van der Waals surface area contributed by atoms with Crippen LogP contribution in [0.3, 0.4) is 0 Å². The maximum absolute atomic E-state index is 8.56. The van der Waals surface area contributed by atoms with E-state index in [0.29, 0.717) is 5.92 Å². The molecule has 2 N–H and O–H groups in total. The second-order valence-electron chi connectivity index (χ2n) is 3.26. The van der Waals surface area contributed by atoms with Crippen molar-refractivity contribution in [2.75, 3.05) is 0 Å². The van der Waals surface area contributed by atoms with Crippen molar-refractivity contribution in [3.8, 4) is 0 Å². The largest absolute Gasteiger partial charge is 0.634 e. The third-order valence-corrected chi connectivity index (χ3v) is 2.33. The molecule has 1 unspecified atom stereocenters. The Labute approximate surface area is 81.3 Å². The summed E-state index contributed by atoms with van der Waals surface area (Å²) in [4.78, 5) is 0. The maximum Gasteiger partial charge on any atom is 0.634 e. The molecule has 1 fully saturated rings. The fraction of sp³-hybridized carbons (Fsp3) is 1.00. The van der Waals surface area contributed by atoms with E-state index in [1.807, 2.05) is 13.8 Å². The molecule has 0 spiro atoms. The molecule has 1 aliphatic carbocycles. The van der Waals surface area contributed by atoms with E-state index in [0.717, 1.165) is 19.3 Å². The molecule has 13 heavy (non-hydrogen) atoms. The molecule has 0 aromatic heterocycles. The van der Waals surface area contributed by atoms with Crippen LogP contribution in [-0.4, -0.2) is 23.5 Å². The molecule has 1 rings (SSSR count). The molecular formula is C9H21BO3. The average molecular weight is 188 g/mol. The lowest BCUT2D eigenvalue weighted by Gasteiger charge is -2.28. The van der Waals surface area contributed by atoms with Crippen molar-refractivity contribution >= 4 is 7.32 Å². The topological polar surface area (TPSA) is 49.7 Å². The molecule has 0 aliphatic heterocycles. The van der Waals surface area contributed by atoms with Crippen molar-refractivity contribution in [2.45, 2.75) is 52.6 Å². The van der Waals surface area contributed by atoms with Crippen LogP contribution in [0.15, 0.2) is 0 Å². The summed E-state index contributed by atoms with van der Waals surface area (Å²) in [5.74, 6) is 0.463. The number of rotatable bonds is 2. The van der Waals surface area contributed by atoms with E-state index in [1.165, 1.54) is 6.42 Å². The molecule has 0 amide bonds. The van der Waals surface area contributed by atoms with Crippen LogP contribution in [0, 0.1) is 5.92 Å². The Bertz CT molecular complexity index is 119. The molecule has 0 aromatic carbocycles. The predicted molar refractivity (Wildman–Crippen MR) is 54.0 cm³/mol. The molecule has 0 saturated heterocycles. The highest BCUT2D eigenvalue weighted by atomic mass is 16.6. The zero-order chi connectivity index (χ0) is 10.3. The van der Waals surface area contributed by atoms with Crippen molar-refractivity contribution in [2.24, 2.45) is 5.92 Å². The molecule has 1 aliphatic rings. The van der Waals surface area contributed by atoms with Gasteiger partial charge in [-0.25, -0.2) is 0 Å². The van der Waals surface area contributed by atoms with Crippen molar-refractivity contribution in [1.29, 1.82) is 0 Å². The maximum atomic E-state index is 8.56. The van der Waals surface area contributed by atoms with E-state index in [1.54, 1.807) is 0 Å². The Morgan fingerprint density at radius 2 is 1.69 bits per heavy atom. The highest BCUT2D eigenvalue weighted by Crippen LogP contribution is 2.26. The van der Waals surface area contributed by atoms with Gasteiger partial charge in [0.2, 0.25) is 0 Å². The van der Waals surface area contributed by atoms with Crippen LogP contribution < -0.4 is 0 Å². The van der Waals surface area contributed by atoms with E-state index in [9.17, 15) is 0 Å². The summed E-state index contributed by atoms with van der Waals surface area (Å²) in [6.07, 6.45) is 4.52. The van der Waals surface area contributed by atoms with Crippen LogP contribution in [0.1, 0.15) is 46.5 Å². The molecular weight excluding hydrogens is 167 g/mol. The van der Waals surface area contributed by atoms with Crippen LogP contribution in [0.2, 0.25) is 0 Å². The third kappa shape index (κ3) is 5.29. The minimum Gasteiger partial charge on any atom is -0.402 e. The van der Waals surface area contributed by atoms with Crippen LogP contribution in [0.5, 0.6) is 0 Å². The van der Waals surface area contributed by atoms with E-state index >= 15 is 0 Å². The SMILES string of the molecule is CC.C[C@H]1CCCCC1OB(O)O. The molecule has 0 radical (unpaired) electrons. The molecule has 0 heterocycles. The summed E-state index contributed by atoms with van der Waals surface area (Å²) in [5.41, 5.74) is 0. The Hall–Kier alpha value is -0.0551. The Balaban J connectivity index is 0.000000671. The van der Waals surface area contributed by atoms with Gasteiger partial charge in [-0.2, -0.15) is 0 Å². The zero-order valence-electron chi connectivity index (χ0n) is 8.86.